The number of fused-ring (bicyclic) bond motifs is 1. The second kappa shape index (κ2) is 6.27. The fourth-order valence-corrected chi connectivity index (χ4v) is 2.23. The van der Waals surface area contributed by atoms with Crippen LogP contribution in [-0.4, -0.2) is 31.1 Å². The third-order valence-electron chi connectivity index (χ3n) is 3.66. The van der Waals surface area contributed by atoms with Gasteiger partial charge in [0.2, 0.25) is 0 Å². The number of nitrogens with zero attached hydrogens (tertiary/aromatic N) is 1. The summed E-state index contributed by atoms with van der Waals surface area (Å²) in [4.78, 5) is 4.54. The van der Waals surface area contributed by atoms with E-state index in [4.69, 9.17) is 4.74 Å². The standard InChI is InChI=1S/C18H23NO2/c1-18(2,3)17(12-20)19-11-15-9-13-7-5-6-8-14(13)10-16(15)21-4/h5-11,17,20H,12H2,1-4H3/t17-/m1/s1. The average Bonchev–Trinajstić information content (AvgIpc) is 2.45. The smallest absolute Gasteiger partial charge is 0.128 e. The third-order valence-corrected chi connectivity index (χ3v) is 3.66. The molecule has 0 radical (unpaired) electrons. The fraction of sp³-hybridized carbons (Fsp3) is 0.389. The molecule has 112 valence electrons. The second-order valence-corrected chi connectivity index (χ2v) is 6.28. The van der Waals surface area contributed by atoms with Crippen LogP contribution in [0.4, 0.5) is 0 Å². The highest BCUT2D eigenvalue weighted by molar-refractivity contribution is 5.93. The van der Waals surface area contributed by atoms with Crippen molar-refractivity contribution in [2.45, 2.75) is 26.8 Å². The van der Waals surface area contributed by atoms with Gasteiger partial charge in [-0.1, -0.05) is 45.0 Å². The quantitative estimate of drug-likeness (QED) is 0.871. The molecule has 0 saturated heterocycles. The minimum absolute atomic E-state index is 0.0376. The Balaban J connectivity index is 2.41. The van der Waals surface area contributed by atoms with Gasteiger partial charge in [0.05, 0.1) is 19.8 Å². The molecule has 0 aliphatic heterocycles. The third kappa shape index (κ3) is 3.61. The maximum atomic E-state index is 9.49. The Morgan fingerprint density at radius 1 is 1.19 bits per heavy atom. The van der Waals surface area contributed by atoms with E-state index in [2.05, 4.69) is 44.0 Å². The van der Waals surface area contributed by atoms with Crippen molar-refractivity contribution in [1.29, 1.82) is 0 Å². The maximum Gasteiger partial charge on any atom is 0.128 e. The first kappa shape index (κ1) is 15.5. The second-order valence-electron chi connectivity index (χ2n) is 6.28. The highest BCUT2D eigenvalue weighted by Gasteiger charge is 2.22. The summed E-state index contributed by atoms with van der Waals surface area (Å²) < 4.78 is 5.45. The Kier molecular flexibility index (Phi) is 4.63. The summed E-state index contributed by atoms with van der Waals surface area (Å²) in [6.07, 6.45) is 1.80. The zero-order chi connectivity index (χ0) is 15.5. The summed E-state index contributed by atoms with van der Waals surface area (Å²) in [6, 6.07) is 12.1. The lowest BCUT2D eigenvalue weighted by Crippen LogP contribution is -2.28. The van der Waals surface area contributed by atoms with Crippen molar-refractivity contribution in [2.75, 3.05) is 13.7 Å². The van der Waals surface area contributed by atoms with Gasteiger partial charge in [0, 0.05) is 11.8 Å². The van der Waals surface area contributed by atoms with Crippen LogP contribution >= 0.6 is 0 Å². The van der Waals surface area contributed by atoms with Crippen LogP contribution in [-0.2, 0) is 0 Å². The van der Waals surface area contributed by atoms with Crippen LogP contribution in [0.5, 0.6) is 5.75 Å². The lowest BCUT2D eigenvalue weighted by molar-refractivity contribution is 0.191. The van der Waals surface area contributed by atoms with Gasteiger partial charge in [0.15, 0.2) is 0 Å². The number of aliphatic hydroxyl groups excluding tert-OH is 1. The van der Waals surface area contributed by atoms with E-state index < -0.39 is 0 Å². The highest BCUT2D eigenvalue weighted by atomic mass is 16.5. The van der Waals surface area contributed by atoms with E-state index in [1.165, 1.54) is 0 Å². The largest absolute Gasteiger partial charge is 0.496 e. The zero-order valence-corrected chi connectivity index (χ0v) is 13.1. The molecule has 0 unspecified atom stereocenters. The average molecular weight is 285 g/mol. The van der Waals surface area contributed by atoms with Gasteiger partial charge >= 0.3 is 0 Å². The Bertz CT molecular complexity index is 641. The lowest BCUT2D eigenvalue weighted by atomic mass is 9.88. The monoisotopic (exact) mass is 285 g/mol. The van der Waals surface area contributed by atoms with Crippen LogP contribution in [0.25, 0.3) is 10.8 Å². The minimum Gasteiger partial charge on any atom is -0.496 e. The molecule has 0 heterocycles. The number of ether oxygens (including phenoxy) is 1. The Labute approximate surface area is 126 Å². The topological polar surface area (TPSA) is 41.8 Å². The summed E-state index contributed by atoms with van der Waals surface area (Å²) >= 11 is 0. The molecular weight excluding hydrogens is 262 g/mol. The van der Waals surface area contributed by atoms with Crippen LogP contribution in [0.3, 0.4) is 0 Å². The van der Waals surface area contributed by atoms with Crippen LogP contribution in [0.2, 0.25) is 0 Å². The number of benzene rings is 2. The summed E-state index contributed by atoms with van der Waals surface area (Å²) in [5, 5.41) is 11.8. The first-order chi connectivity index (χ1) is 9.95. The number of aliphatic imine (C=N–C) groups is 1. The van der Waals surface area contributed by atoms with Crippen molar-refractivity contribution in [3.05, 3.63) is 42.0 Å². The van der Waals surface area contributed by atoms with Crippen molar-refractivity contribution in [2.24, 2.45) is 10.4 Å². The molecule has 0 aliphatic carbocycles. The Hall–Kier alpha value is -1.87. The van der Waals surface area contributed by atoms with Gasteiger partial charge in [-0.2, -0.15) is 0 Å². The van der Waals surface area contributed by atoms with Gasteiger partial charge in [0.1, 0.15) is 5.75 Å². The van der Waals surface area contributed by atoms with Gasteiger partial charge in [-0.25, -0.2) is 0 Å². The summed E-state index contributed by atoms with van der Waals surface area (Å²) in [5.74, 6) is 0.794. The van der Waals surface area contributed by atoms with E-state index in [-0.39, 0.29) is 18.1 Å². The summed E-state index contributed by atoms with van der Waals surface area (Å²) in [7, 11) is 1.66. The minimum atomic E-state index is -0.131. The molecule has 0 fully saturated rings. The number of hydrogen-bond donors (Lipinski definition) is 1. The Morgan fingerprint density at radius 2 is 1.81 bits per heavy atom. The predicted octanol–water partition coefficient (Wildman–Crippen LogP) is 3.67. The molecule has 1 atom stereocenters. The molecule has 2 aromatic carbocycles. The molecule has 21 heavy (non-hydrogen) atoms. The van der Waals surface area contributed by atoms with E-state index >= 15 is 0 Å². The number of hydrogen-bond acceptors (Lipinski definition) is 3. The molecule has 0 aromatic heterocycles. The van der Waals surface area contributed by atoms with Crippen molar-refractivity contribution in [3.8, 4) is 5.75 Å². The number of methoxy groups -OCH3 is 1. The molecule has 2 aromatic rings. The van der Waals surface area contributed by atoms with Crippen LogP contribution in [0.1, 0.15) is 26.3 Å². The van der Waals surface area contributed by atoms with Gasteiger partial charge < -0.3 is 9.84 Å². The molecule has 0 saturated carbocycles. The van der Waals surface area contributed by atoms with Gasteiger partial charge in [0.25, 0.3) is 0 Å². The number of rotatable bonds is 4. The van der Waals surface area contributed by atoms with Gasteiger partial charge in [-0.05, 0) is 28.3 Å². The lowest BCUT2D eigenvalue weighted by Gasteiger charge is -2.25. The molecule has 0 amide bonds. The van der Waals surface area contributed by atoms with Crippen LogP contribution in [0, 0.1) is 5.41 Å². The van der Waals surface area contributed by atoms with E-state index in [1.807, 2.05) is 18.2 Å². The zero-order valence-electron chi connectivity index (χ0n) is 13.1. The molecule has 3 heteroatoms. The number of aliphatic hydroxyl groups is 1. The van der Waals surface area contributed by atoms with Gasteiger partial charge in [-0.3, -0.25) is 4.99 Å². The van der Waals surface area contributed by atoms with Crippen molar-refractivity contribution in [3.63, 3.8) is 0 Å². The molecule has 2 rings (SSSR count). The van der Waals surface area contributed by atoms with E-state index in [1.54, 1.807) is 13.3 Å². The van der Waals surface area contributed by atoms with Crippen molar-refractivity contribution in [1.82, 2.24) is 0 Å². The van der Waals surface area contributed by atoms with E-state index in [0.29, 0.717) is 0 Å². The first-order valence-electron chi connectivity index (χ1n) is 7.16. The van der Waals surface area contributed by atoms with Crippen molar-refractivity contribution < 1.29 is 9.84 Å². The van der Waals surface area contributed by atoms with Crippen molar-refractivity contribution >= 4 is 17.0 Å². The molecule has 3 nitrogen and oxygen atoms in total. The van der Waals surface area contributed by atoms with E-state index in [0.717, 1.165) is 22.1 Å². The predicted molar refractivity (Wildman–Crippen MR) is 88.4 cm³/mol. The fourth-order valence-electron chi connectivity index (χ4n) is 2.23. The maximum absolute atomic E-state index is 9.49. The first-order valence-corrected chi connectivity index (χ1v) is 7.16. The molecular formula is C18H23NO2. The SMILES string of the molecule is COc1cc2ccccc2cc1C=N[C@H](CO)C(C)(C)C. The highest BCUT2D eigenvalue weighted by Crippen LogP contribution is 2.26. The molecule has 1 N–H and O–H groups in total. The summed E-state index contributed by atoms with van der Waals surface area (Å²) in [6.45, 7) is 6.25. The summed E-state index contributed by atoms with van der Waals surface area (Å²) in [5.41, 5.74) is 0.855. The molecule has 0 aliphatic rings. The molecule has 0 bridgehead atoms. The van der Waals surface area contributed by atoms with Crippen LogP contribution < -0.4 is 4.74 Å². The van der Waals surface area contributed by atoms with Crippen LogP contribution in [0.15, 0.2) is 41.4 Å². The van der Waals surface area contributed by atoms with Gasteiger partial charge in [-0.15, -0.1) is 0 Å². The normalized spacial score (nSPS) is 13.8. The molecule has 0 spiro atoms. The Morgan fingerprint density at radius 3 is 2.33 bits per heavy atom. The van der Waals surface area contributed by atoms with E-state index in [9.17, 15) is 5.11 Å².